The number of benzene rings is 2. The van der Waals surface area contributed by atoms with E-state index in [1.54, 1.807) is 12.4 Å². The van der Waals surface area contributed by atoms with Gasteiger partial charge in [0.15, 0.2) is 0 Å². The third-order valence-electron chi connectivity index (χ3n) is 4.78. The Labute approximate surface area is 142 Å². The van der Waals surface area contributed by atoms with Gasteiger partial charge in [-0.1, -0.05) is 42.5 Å². The van der Waals surface area contributed by atoms with Crippen molar-refractivity contribution in [2.24, 2.45) is 0 Å². The van der Waals surface area contributed by atoms with E-state index < -0.39 is 0 Å². The molecule has 3 aromatic rings. The second-order valence-electron chi connectivity index (χ2n) is 6.32. The molecule has 1 aliphatic rings. The highest BCUT2D eigenvalue weighted by Gasteiger charge is 2.17. The molecule has 1 saturated heterocycles. The molecular formula is C20H22N4. The first-order chi connectivity index (χ1) is 11.9. The molecule has 0 N–H and O–H groups in total. The molecule has 1 aliphatic heterocycles. The summed E-state index contributed by atoms with van der Waals surface area (Å²) in [5.41, 5.74) is 1.42. The molecule has 4 rings (SSSR count). The van der Waals surface area contributed by atoms with E-state index in [1.807, 2.05) is 6.20 Å². The number of nitrogens with zero attached hydrogens (tertiary/aromatic N) is 4. The predicted octanol–water partition coefficient (Wildman–Crippen LogP) is 2.99. The second kappa shape index (κ2) is 6.97. The van der Waals surface area contributed by atoms with Crippen molar-refractivity contribution < 1.29 is 0 Å². The predicted molar refractivity (Wildman–Crippen MR) is 98.3 cm³/mol. The zero-order valence-electron chi connectivity index (χ0n) is 13.8. The monoisotopic (exact) mass is 318 g/mol. The van der Waals surface area contributed by atoms with Gasteiger partial charge in [-0.25, -0.2) is 4.98 Å². The summed E-state index contributed by atoms with van der Waals surface area (Å²) < 4.78 is 0. The molecule has 122 valence electrons. The quantitative estimate of drug-likeness (QED) is 0.740. The molecule has 0 aliphatic carbocycles. The summed E-state index contributed by atoms with van der Waals surface area (Å²) in [4.78, 5) is 13.4. The number of piperazine rings is 1. The van der Waals surface area contributed by atoms with Crippen molar-refractivity contribution in [2.45, 2.75) is 6.42 Å². The lowest BCUT2D eigenvalue weighted by Gasteiger charge is -2.35. The maximum Gasteiger partial charge on any atom is 0.147 e. The Hall–Kier alpha value is -2.46. The van der Waals surface area contributed by atoms with Crippen LogP contribution in [0.25, 0.3) is 10.8 Å². The molecule has 0 radical (unpaired) electrons. The molecule has 4 heteroatoms. The van der Waals surface area contributed by atoms with Crippen LogP contribution in [0, 0.1) is 0 Å². The van der Waals surface area contributed by atoms with Gasteiger partial charge in [0.2, 0.25) is 0 Å². The SMILES string of the molecule is c1ccc2cc(CCN3CCN(c4cnccn4)CC3)ccc2c1. The van der Waals surface area contributed by atoms with Gasteiger partial charge in [0.1, 0.15) is 5.82 Å². The Morgan fingerprint density at radius 1 is 0.875 bits per heavy atom. The van der Waals surface area contributed by atoms with Crippen LogP contribution >= 0.6 is 0 Å². The van der Waals surface area contributed by atoms with Crippen LogP contribution in [-0.2, 0) is 6.42 Å². The third kappa shape index (κ3) is 3.39. The van der Waals surface area contributed by atoms with Gasteiger partial charge in [0, 0.05) is 45.1 Å². The Balaban J connectivity index is 1.32. The summed E-state index contributed by atoms with van der Waals surface area (Å²) in [6.07, 6.45) is 6.45. The van der Waals surface area contributed by atoms with E-state index in [1.165, 1.54) is 16.3 Å². The van der Waals surface area contributed by atoms with Gasteiger partial charge in [-0.15, -0.1) is 0 Å². The third-order valence-corrected chi connectivity index (χ3v) is 4.78. The topological polar surface area (TPSA) is 32.3 Å². The van der Waals surface area contributed by atoms with Gasteiger partial charge in [-0.05, 0) is 22.8 Å². The summed E-state index contributed by atoms with van der Waals surface area (Å²) in [5, 5.41) is 2.65. The molecule has 0 saturated carbocycles. The van der Waals surface area contributed by atoms with E-state index >= 15 is 0 Å². The average Bonchev–Trinajstić information content (AvgIpc) is 2.67. The zero-order chi connectivity index (χ0) is 16.2. The number of aromatic nitrogens is 2. The van der Waals surface area contributed by atoms with Crippen LogP contribution in [0.1, 0.15) is 5.56 Å². The lowest BCUT2D eigenvalue weighted by Crippen LogP contribution is -2.47. The number of anilines is 1. The Morgan fingerprint density at radius 3 is 2.50 bits per heavy atom. The van der Waals surface area contributed by atoms with E-state index in [2.05, 4.69) is 62.2 Å². The summed E-state index contributed by atoms with van der Waals surface area (Å²) in [5.74, 6) is 0.992. The van der Waals surface area contributed by atoms with Crippen molar-refractivity contribution in [1.82, 2.24) is 14.9 Å². The van der Waals surface area contributed by atoms with Crippen LogP contribution in [0.3, 0.4) is 0 Å². The fraction of sp³-hybridized carbons (Fsp3) is 0.300. The van der Waals surface area contributed by atoms with Gasteiger partial charge in [-0.2, -0.15) is 0 Å². The maximum absolute atomic E-state index is 4.39. The van der Waals surface area contributed by atoms with Crippen molar-refractivity contribution >= 4 is 16.6 Å². The van der Waals surface area contributed by atoms with E-state index in [4.69, 9.17) is 0 Å². The smallest absolute Gasteiger partial charge is 0.147 e. The molecule has 0 amide bonds. The zero-order valence-corrected chi connectivity index (χ0v) is 13.8. The standard InChI is InChI=1S/C20H22N4/c1-2-4-19-15-17(5-6-18(19)3-1)7-10-23-11-13-24(14-12-23)20-16-21-8-9-22-20/h1-6,8-9,15-16H,7,10-14H2. The van der Waals surface area contributed by atoms with Crippen molar-refractivity contribution in [3.63, 3.8) is 0 Å². The molecule has 2 heterocycles. The number of fused-ring (bicyclic) bond motifs is 1. The molecule has 0 atom stereocenters. The normalized spacial score (nSPS) is 15.8. The lowest BCUT2D eigenvalue weighted by atomic mass is 10.0. The first-order valence-corrected chi connectivity index (χ1v) is 8.59. The fourth-order valence-electron chi connectivity index (χ4n) is 3.34. The van der Waals surface area contributed by atoms with Crippen molar-refractivity contribution in [3.05, 3.63) is 66.6 Å². The van der Waals surface area contributed by atoms with Gasteiger partial charge in [0.05, 0.1) is 6.20 Å². The lowest BCUT2D eigenvalue weighted by molar-refractivity contribution is 0.260. The van der Waals surface area contributed by atoms with Crippen molar-refractivity contribution in [1.29, 1.82) is 0 Å². The second-order valence-corrected chi connectivity index (χ2v) is 6.32. The minimum absolute atomic E-state index is 0.992. The van der Waals surface area contributed by atoms with Crippen LogP contribution in [0.5, 0.6) is 0 Å². The largest absolute Gasteiger partial charge is 0.353 e. The van der Waals surface area contributed by atoms with Gasteiger partial charge < -0.3 is 4.90 Å². The van der Waals surface area contributed by atoms with Crippen molar-refractivity contribution in [2.75, 3.05) is 37.6 Å². The average molecular weight is 318 g/mol. The highest BCUT2D eigenvalue weighted by Crippen LogP contribution is 2.17. The minimum Gasteiger partial charge on any atom is -0.353 e. The molecular weight excluding hydrogens is 296 g/mol. The number of hydrogen-bond acceptors (Lipinski definition) is 4. The molecule has 0 spiro atoms. The summed E-state index contributed by atoms with van der Waals surface area (Å²) >= 11 is 0. The number of rotatable bonds is 4. The summed E-state index contributed by atoms with van der Waals surface area (Å²) in [6.45, 7) is 5.34. The Bertz CT molecular complexity index is 795. The van der Waals surface area contributed by atoms with Crippen LogP contribution < -0.4 is 4.90 Å². The van der Waals surface area contributed by atoms with Crippen LogP contribution in [0.15, 0.2) is 61.1 Å². The van der Waals surface area contributed by atoms with Gasteiger partial charge in [-0.3, -0.25) is 9.88 Å². The highest BCUT2D eigenvalue weighted by atomic mass is 15.3. The molecule has 24 heavy (non-hydrogen) atoms. The van der Waals surface area contributed by atoms with Gasteiger partial charge in [0.25, 0.3) is 0 Å². The van der Waals surface area contributed by atoms with Crippen LogP contribution in [0.4, 0.5) is 5.82 Å². The maximum atomic E-state index is 4.39. The fourth-order valence-corrected chi connectivity index (χ4v) is 3.34. The molecule has 0 unspecified atom stereocenters. The summed E-state index contributed by atoms with van der Waals surface area (Å²) in [7, 11) is 0. The van der Waals surface area contributed by atoms with Crippen molar-refractivity contribution in [3.8, 4) is 0 Å². The molecule has 4 nitrogen and oxygen atoms in total. The van der Waals surface area contributed by atoms with E-state index in [0.717, 1.165) is 45.0 Å². The Morgan fingerprint density at radius 2 is 1.71 bits per heavy atom. The number of hydrogen-bond donors (Lipinski definition) is 0. The van der Waals surface area contributed by atoms with Gasteiger partial charge >= 0.3 is 0 Å². The summed E-state index contributed by atoms with van der Waals surface area (Å²) in [6, 6.07) is 15.4. The van der Waals surface area contributed by atoms with E-state index in [9.17, 15) is 0 Å². The van der Waals surface area contributed by atoms with E-state index in [-0.39, 0.29) is 0 Å². The molecule has 1 aromatic heterocycles. The minimum atomic E-state index is 0.992. The first kappa shape index (κ1) is 15.1. The van der Waals surface area contributed by atoms with Crippen LogP contribution in [0.2, 0.25) is 0 Å². The van der Waals surface area contributed by atoms with E-state index in [0.29, 0.717) is 0 Å². The van der Waals surface area contributed by atoms with Crippen LogP contribution in [-0.4, -0.2) is 47.6 Å². The molecule has 2 aromatic carbocycles. The molecule has 0 bridgehead atoms. The molecule has 1 fully saturated rings. The highest BCUT2D eigenvalue weighted by molar-refractivity contribution is 5.82. The first-order valence-electron chi connectivity index (χ1n) is 8.59. The Kier molecular flexibility index (Phi) is 4.38.